The van der Waals surface area contributed by atoms with Gasteiger partial charge in [0.25, 0.3) is 5.91 Å². The normalized spacial score (nSPS) is 17.4. The zero-order valence-corrected chi connectivity index (χ0v) is 20.8. The first kappa shape index (κ1) is 24.5. The summed E-state index contributed by atoms with van der Waals surface area (Å²) >= 11 is 0. The highest BCUT2D eigenvalue weighted by Gasteiger charge is 2.31. The molecule has 1 aromatic heterocycles. The fraction of sp³-hybridized carbons (Fsp3) is 0.464. The molecule has 1 unspecified atom stereocenters. The zero-order valence-electron chi connectivity index (χ0n) is 20.8. The van der Waals surface area contributed by atoms with Crippen molar-refractivity contribution in [2.45, 2.75) is 44.8 Å². The second kappa shape index (κ2) is 11.2. The van der Waals surface area contributed by atoms with Gasteiger partial charge in [-0.1, -0.05) is 30.3 Å². The molecule has 8 heteroatoms. The molecule has 1 aliphatic heterocycles. The molecule has 36 heavy (non-hydrogen) atoms. The SMILES string of the molecule is COCC(=O)Nc1cc(C(=O)N(CC2CC2)CC2CCCO2)c2c(c1)ncn2CCc1ccccc1. The number of hydrogen-bond donors (Lipinski definition) is 1. The summed E-state index contributed by atoms with van der Waals surface area (Å²) in [6.45, 7) is 2.73. The number of nitrogens with one attached hydrogen (secondary N) is 1. The molecule has 0 bridgehead atoms. The van der Waals surface area contributed by atoms with Gasteiger partial charge < -0.3 is 24.3 Å². The fourth-order valence-electron chi connectivity index (χ4n) is 4.89. The van der Waals surface area contributed by atoms with Crippen LogP contribution in [0.4, 0.5) is 5.69 Å². The Kier molecular flexibility index (Phi) is 7.63. The Bertz CT molecular complexity index is 1200. The van der Waals surface area contributed by atoms with Crippen molar-refractivity contribution in [1.82, 2.24) is 14.5 Å². The Morgan fingerprint density at radius 1 is 1.17 bits per heavy atom. The second-order valence-electron chi connectivity index (χ2n) is 9.83. The third-order valence-corrected chi connectivity index (χ3v) is 6.90. The maximum Gasteiger partial charge on any atom is 0.256 e. The van der Waals surface area contributed by atoms with Crippen molar-refractivity contribution in [2.24, 2.45) is 5.92 Å². The van der Waals surface area contributed by atoms with Crippen molar-refractivity contribution in [3.63, 3.8) is 0 Å². The number of imidazole rings is 1. The second-order valence-corrected chi connectivity index (χ2v) is 9.83. The Labute approximate surface area is 211 Å². The van der Waals surface area contributed by atoms with Crippen LogP contribution in [0.2, 0.25) is 0 Å². The molecular weight excluding hydrogens is 456 g/mol. The number of rotatable bonds is 11. The number of amides is 2. The molecule has 2 fully saturated rings. The van der Waals surface area contributed by atoms with Crippen LogP contribution < -0.4 is 5.32 Å². The molecular formula is C28H34N4O4. The first-order valence-electron chi connectivity index (χ1n) is 12.8. The van der Waals surface area contributed by atoms with E-state index < -0.39 is 0 Å². The standard InChI is InChI=1S/C28H34N4O4/c1-35-18-26(33)30-22-14-24(28(34)32(16-21-9-10-21)17-23-8-5-13-36-23)27-25(15-22)29-19-31(27)12-11-20-6-3-2-4-7-20/h2-4,6-7,14-15,19,21,23H,5,8-13,16-18H2,1H3,(H,30,33). The number of carbonyl (C=O) groups is 2. The van der Waals surface area contributed by atoms with E-state index in [4.69, 9.17) is 9.47 Å². The van der Waals surface area contributed by atoms with Crippen molar-refractivity contribution in [1.29, 1.82) is 0 Å². The van der Waals surface area contributed by atoms with Gasteiger partial charge in [0.1, 0.15) is 6.61 Å². The molecule has 2 heterocycles. The third-order valence-electron chi connectivity index (χ3n) is 6.90. The maximum absolute atomic E-state index is 14.1. The van der Waals surface area contributed by atoms with Crippen molar-refractivity contribution >= 4 is 28.5 Å². The lowest BCUT2D eigenvalue weighted by Crippen LogP contribution is -2.39. The van der Waals surface area contributed by atoms with Gasteiger partial charge in [0.15, 0.2) is 0 Å². The van der Waals surface area contributed by atoms with E-state index in [1.807, 2.05) is 29.2 Å². The lowest BCUT2D eigenvalue weighted by molar-refractivity contribution is -0.119. The summed E-state index contributed by atoms with van der Waals surface area (Å²) in [5.41, 5.74) is 3.82. The van der Waals surface area contributed by atoms with Gasteiger partial charge in [0.05, 0.1) is 29.0 Å². The minimum absolute atomic E-state index is 0.0355. The molecule has 1 atom stereocenters. The molecule has 2 aromatic carbocycles. The number of carbonyl (C=O) groups excluding carboxylic acids is 2. The van der Waals surface area contributed by atoms with Gasteiger partial charge in [-0.25, -0.2) is 4.98 Å². The molecule has 190 valence electrons. The Morgan fingerprint density at radius 2 is 2.00 bits per heavy atom. The Hall–Kier alpha value is -3.23. The van der Waals surface area contributed by atoms with E-state index in [1.165, 1.54) is 12.7 Å². The predicted molar refractivity (Wildman–Crippen MR) is 138 cm³/mol. The number of ether oxygens (including phenoxy) is 2. The third kappa shape index (κ3) is 5.94. The van der Waals surface area contributed by atoms with Gasteiger partial charge in [0.2, 0.25) is 5.91 Å². The minimum atomic E-state index is -0.270. The summed E-state index contributed by atoms with van der Waals surface area (Å²) in [4.78, 5) is 32.9. The minimum Gasteiger partial charge on any atom is -0.376 e. The Morgan fingerprint density at radius 3 is 2.72 bits per heavy atom. The van der Waals surface area contributed by atoms with Crippen LogP contribution in [0.1, 0.15) is 41.6 Å². The number of hydrogen-bond acceptors (Lipinski definition) is 5. The van der Waals surface area contributed by atoms with E-state index in [0.29, 0.717) is 35.8 Å². The number of fused-ring (bicyclic) bond motifs is 1. The van der Waals surface area contributed by atoms with Crippen LogP contribution in [0.5, 0.6) is 0 Å². The highest BCUT2D eigenvalue weighted by Crippen LogP contribution is 2.32. The molecule has 1 N–H and O–H groups in total. The highest BCUT2D eigenvalue weighted by atomic mass is 16.5. The van der Waals surface area contributed by atoms with Crippen LogP contribution in [0.3, 0.4) is 0 Å². The van der Waals surface area contributed by atoms with Crippen LogP contribution in [0.25, 0.3) is 11.0 Å². The largest absolute Gasteiger partial charge is 0.376 e. The molecule has 0 spiro atoms. The van der Waals surface area contributed by atoms with Crippen LogP contribution in [0, 0.1) is 5.92 Å². The maximum atomic E-state index is 14.1. The van der Waals surface area contributed by atoms with Crippen LogP contribution >= 0.6 is 0 Å². The first-order valence-corrected chi connectivity index (χ1v) is 12.8. The number of benzene rings is 2. The molecule has 5 rings (SSSR count). The van der Waals surface area contributed by atoms with E-state index in [1.54, 1.807) is 12.4 Å². The molecule has 3 aromatic rings. The van der Waals surface area contributed by atoms with E-state index in [9.17, 15) is 9.59 Å². The molecule has 1 aliphatic carbocycles. The number of aromatic nitrogens is 2. The zero-order chi connectivity index (χ0) is 24.9. The van der Waals surface area contributed by atoms with E-state index in [0.717, 1.165) is 50.8 Å². The quantitative estimate of drug-likeness (QED) is 0.441. The summed E-state index contributed by atoms with van der Waals surface area (Å²) in [7, 11) is 1.48. The van der Waals surface area contributed by atoms with Crippen molar-refractivity contribution < 1.29 is 19.1 Å². The van der Waals surface area contributed by atoms with E-state index >= 15 is 0 Å². The van der Waals surface area contributed by atoms with Gasteiger partial charge >= 0.3 is 0 Å². The van der Waals surface area contributed by atoms with Crippen LogP contribution in [-0.2, 0) is 27.2 Å². The smallest absolute Gasteiger partial charge is 0.256 e. The lowest BCUT2D eigenvalue weighted by atomic mass is 10.1. The number of aryl methyl sites for hydroxylation is 2. The highest BCUT2D eigenvalue weighted by molar-refractivity contribution is 6.07. The lowest BCUT2D eigenvalue weighted by Gasteiger charge is -2.26. The average molecular weight is 491 g/mol. The van der Waals surface area contributed by atoms with Gasteiger partial charge in [-0.05, 0) is 55.7 Å². The topological polar surface area (TPSA) is 85.7 Å². The summed E-state index contributed by atoms with van der Waals surface area (Å²) < 4.78 is 12.9. The van der Waals surface area contributed by atoms with Crippen molar-refractivity contribution in [2.75, 3.05) is 38.7 Å². The summed E-state index contributed by atoms with van der Waals surface area (Å²) in [5.74, 6) is 0.248. The molecule has 1 saturated heterocycles. The number of nitrogens with zero attached hydrogens (tertiary/aromatic N) is 3. The molecule has 0 radical (unpaired) electrons. The number of anilines is 1. The monoisotopic (exact) mass is 490 g/mol. The van der Waals surface area contributed by atoms with Gasteiger partial charge in [0, 0.05) is 39.0 Å². The van der Waals surface area contributed by atoms with E-state index in [-0.39, 0.29) is 24.5 Å². The van der Waals surface area contributed by atoms with Gasteiger partial charge in [-0.15, -0.1) is 0 Å². The molecule has 2 aliphatic rings. The fourth-order valence-corrected chi connectivity index (χ4v) is 4.89. The Balaban J connectivity index is 1.48. The predicted octanol–water partition coefficient (Wildman–Crippen LogP) is 3.90. The number of methoxy groups -OCH3 is 1. The summed E-state index contributed by atoms with van der Waals surface area (Å²) in [5, 5.41) is 2.85. The molecule has 2 amide bonds. The van der Waals surface area contributed by atoms with Crippen molar-refractivity contribution in [3.05, 3.63) is 59.9 Å². The molecule has 8 nitrogen and oxygen atoms in total. The van der Waals surface area contributed by atoms with Crippen LogP contribution in [0.15, 0.2) is 48.8 Å². The summed E-state index contributed by atoms with van der Waals surface area (Å²) in [6.07, 6.45) is 7.03. The average Bonchev–Trinajstić information content (AvgIpc) is 3.37. The van der Waals surface area contributed by atoms with Gasteiger partial charge in [-0.3, -0.25) is 9.59 Å². The molecule has 1 saturated carbocycles. The summed E-state index contributed by atoms with van der Waals surface area (Å²) in [6, 6.07) is 13.9. The van der Waals surface area contributed by atoms with Crippen LogP contribution in [-0.4, -0.2) is 65.8 Å². The van der Waals surface area contributed by atoms with Gasteiger partial charge in [-0.2, -0.15) is 0 Å². The van der Waals surface area contributed by atoms with E-state index in [2.05, 4.69) is 27.0 Å². The van der Waals surface area contributed by atoms with Crippen molar-refractivity contribution in [3.8, 4) is 0 Å². The first-order chi connectivity index (χ1) is 17.6.